The van der Waals surface area contributed by atoms with Crippen LogP contribution >= 0.6 is 0 Å². The van der Waals surface area contributed by atoms with E-state index in [1.807, 2.05) is 13.8 Å². The van der Waals surface area contributed by atoms with Crippen LogP contribution in [0.4, 0.5) is 0 Å². The molecule has 0 saturated heterocycles. The van der Waals surface area contributed by atoms with Crippen molar-refractivity contribution < 1.29 is 48.5 Å². The zero-order valence-electron chi connectivity index (χ0n) is 40.4. The van der Waals surface area contributed by atoms with Crippen molar-refractivity contribution in [1.29, 1.82) is 0 Å². The summed E-state index contributed by atoms with van der Waals surface area (Å²) in [5.41, 5.74) is 3.95. The van der Waals surface area contributed by atoms with Crippen LogP contribution in [0, 0.1) is 62.2 Å². The second-order valence-electron chi connectivity index (χ2n) is 19.7. The van der Waals surface area contributed by atoms with E-state index in [0.29, 0.717) is 5.75 Å². The molecule has 2 N–H and O–H groups in total. The van der Waals surface area contributed by atoms with Crippen molar-refractivity contribution in [3.63, 3.8) is 0 Å². The van der Waals surface area contributed by atoms with Crippen molar-refractivity contribution in [2.45, 2.75) is 205 Å². The summed E-state index contributed by atoms with van der Waals surface area (Å²) in [6.45, 7) is 26.1. The molecule has 0 fully saturated rings. The third-order valence-electron chi connectivity index (χ3n) is 12.7. The number of carbonyl (C=O) groups excluding carboxylic acids is 4. The summed E-state index contributed by atoms with van der Waals surface area (Å²) >= 11 is 0. The Kier molecular flexibility index (Phi) is 25.0. The molecule has 1 heterocycles. The standard InChI is InChI=1S/C40H66O6.C11H18O4/c1-26(2)14-11-15-28(5)16-12-17-29(6)18-13-22-40(10)23-21-35-32(9)37(30(7)31(8)38(35)46-40)45-25-34(41)24-33(39(43)44)19-20-36(42)27(3)4;1-7(2)10(13)5-4-9(11(14)15)6-8(3)12/h26-29,33H,11-25H2,1-10H3,(H,43,44);7,9H,4-6H2,1-3H3,(H,14,15)/t28-,29-,33-,40-;9-/m11/s1. The highest BCUT2D eigenvalue weighted by Gasteiger charge is 2.35. The van der Waals surface area contributed by atoms with E-state index < -0.39 is 23.8 Å². The number of hydrogen-bond donors (Lipinski definition) is 2. The summed E-state index contributed by atoms with van der Waals surface area (Å²) in [4.78, 5) is 69.3. The molecule has 1 aromatic carbocycles. The fraction of sp³-hybridized carbons (Fsp3) is 0.765. The lowest BCUT2D eigenvalue weighted by molar-refractivity contribution is -0.144. The Morgan fingerprint density at radius 1 is 0.656 bits per heavy atom. The number of ketones is 4. The van der Waals surface area contributed by atoms with Gasteiger partial charge in [-0.3, -0.25) is 24.0 Å². The Labute approximate surface area is 369 Å². The molecule has 1 aliphatic heterocycles. The van der Waals surface area contributed by atoms with Crippen LogP contribution < -0.4 is 9.47 Å². The minimum Gasteiger partial charge on any atom is -0.487 e. The van der Waals surface area contributed by atoms with E-state index in [9.17, 15) is 33.9 Å². The number of carboxylic acids is 2. The van der Waals surface area contributed by atoms with E-state index >= 15 is 0 Å². The smallest absolute Gasteiger partial charge is 0.306 e. The Bertz CT molecular complexity index is 1590. The van der Waals surface area contributed by atoms with Gasteiger partial charge in [0.1, 0.15) is 41.1 Å². The Morgan fingerprint density at radius 2 is 1.13 bits per heavy atom. The van der Waals surface area contributed by atoms with Gasteiger partial charge >= 0.3 is 11.9 Å². The van der Waals surface area contributed by atoms with Crippen LogP contribution in [0.25, 0.3) is 0 Å². The molecule has 0 aromatic heterocycles. The number of benzene rings is 1. The van der Waals surface area contributed by atoms with Gasteiger partial charge in [0, 0.05) is 43.1 Å². The molecular weight excluding hydrogens is 773 g/mol. The normalized spacial score (nSPS) is 16.8. The average molecular weight is 857 g/mol. The predicted molar refractivity (Wildman–Crippen MR) is 244 cm³/mol. The van der Waals surface area contributed by atoms with Crippen LogP contribution in [-0.4, -0.2) is 57.5 Å². The van der Waals surface area contributed by atoms with Crippen LogP contribution in [0.2, 0.25) is 0 Å². The molecule has 0 unspecified atom stereocenters. The van der Waals surface area contributed by atoms with Gasteiger partial charge in [-0.15, -0.1) is 0 Å². The molecule has 0 aliphatic carbocycles. The van der Waals surface area contributed by atoms with Crippen molar-refractivity contribution in [3.05, 3.63) is 22.3 Å². The molecule has 61 heavy (non-hydrogen) atoms. The van der Waals surface area contributed by atoms with E-state index in [1.165, 1.54) is 58.3 Å². The van der Waals surface area contributed by atoms with Gasteiger partial charge in [0.15, 0.2) is 5.78 Å². The Morgan fingerprint density at radius 3 is 1.59 bits per heavy atom. The SMILES string of the molecule is CC(=O)C[C@@H](CCC(=O)C(C)C)C(=O)O.Cc1c(C)c2c(c(C)c1OCC(=O)C[C@@H](CCC(=O)C(C)C)C(=O)O)CC[C@@](C)(CCC[C@H](C)CCC[C@H](C)CCCC(C)C)O2. The molecule has 348 valence electrons. The first-order chi connectivity index (χ1) is 28.4. The van der Waals surface area contributed by atoms with Gasteiger partial charge in [0.2, 0.25) is 0 Å². The minimum atomic E-state index is -1.05. The molecule has 0 saturated carbocycles. The number of fused-ring (bicyclic) bond motifs is 1. The van der Waals surface area contributed by atoms with Crippen LogP contribution in [0.5, 0.6) is 11.5 Å². The van der Waals surface area contributed by atoms with Crippen molar-refractivity contribution in [2.24, 2.45) is 41.4 Å². The molecule has 10 nitrogen and oxygen atoms in total. The maximum absolute atomic E-state index is 12.8. The molecule has 0 spiro atoms. The maximum Gasteiger partial charge on any atom is 0.306 e. The van der Waals surface area contributed by atoms with E-state index in [2.05, 4.69) is 41.5 Å². The quantitative estimate of drug-likeness (QED) is 0.0793. The van der Waals surface area contributed by atoms with Gasteiger partial charge in [0.25, 0.3) is 0 Å². The van der Waals surface area contributed by atoms with Crippen LogP contribution in [0.3, 0.4) is 0 Å². The molecule has 0 radical (unpaired) electrons. The van der Waals surface area contributed by atoms with Gasteiger partial charge in [-0.2, -0.15) is 0 Å². The first kappa shape index (κ1) is 55.5. The molecule has 0 amide bonds. The largest absolute Gasteiger partial charge is 0.487 e. The van der Waals surface area contributed by atoms with Gasteiger partial charge < -0.3 is 24.5 Å². The van der Waals surface area contributed by atoms with E-state index in [1.54, 1.807) is 27.7 Å². The molecular formula is C51H84O10. The third kappa shape index (κ3) is 20.9. The Hall–Kier alpha value is -3.56. The highest BCUT2D eigenvalue weighted by molar-refractivity contribution is 5.86. The zero-order chi connectivity index (χ0) is 46.6. The van der Waals surface area contributed by atoms with Crippen molar-refractivity contribution in [1.82, 2.24) is 0 Å². The van der Waals surface area contributed by atoms with Crippen LogP contribution in [0.15, 0.2) is 0 Å². The zero-order valence-corrected chi connectivity index (χ0v) is 40.4. The monoisotopic (exact) mass is 857 g/mol. The number of aliphatic carboxylic acids is 2. The lowest BCUT2D eigenvalue weighted by atomic mass is 9.83. The van der Waals surface area contributed by atoms with Gasteiger partial charge in [-0.1, -0.05) is 100 Å². The summed E-state index contributed by atoms with van der Waals surface area (Å²) in [6.07, 6.45) is 14.1. The van der Waals surface area contributed by atoms with Crippen LogP contribution in [-0.2, 0) is 35.2 Å². The fourth-order valence-corrected chi connectivity index (χ4v) is 8.15. The predicted octanol–water partition coefficient (Wildman–Crippen LogP) is 11.9. The molecule has 0 bridgehead atoms. The van der Waals surface area contributed by atoms with E-state index in [-0.39, 0.29) is 85.7 Å². The molecule has 1 aliphatic rings. The molecule has 10 heteroatoms. The van der Waals surface area contributed by atoms with E-state index in [4.69, 9.17) is 14.6 Å². The third-order valence-corrected chi connectivity index (χ3v) is 12.7. The molecule has 1 aromatic rings. The summed E-state index contributed by atoms with van der Waals surface area (Å²) in [5.74, 6) is -0.175. The topological polar surface area (TPSA) is 161 Å². The van der Waals surface area contributed by atoms with E-state index in [0.717, 1.165) is 65.0 Å². The highest BCUT2D eigenvalue weighted by atomic mass is 16.5. The summed E-state index contributed by atoms with van der Waals surface area (Å²) < 4.78 is 12.8. The van der Waals surface area contributed by atoms with Gasteiger partial charge in [-0.25, -0.2) is 0 Å². The number of hydrogen-bond acceptors (Lipinski definition) is 8. The van der Waals surface area contributed by atoms with Crippen molar-refractivity contribution in [3.8, 4) is 11.5 Å². The number of Topliss-reactive ketones (excluding diaryl/α,β-unsaturated/α-hetero) is 4. The summed E-state index contributed by atoms with van der Waals surface area (Å²) in [7, 11) is 0. The van der Waals surface area contributed by atoms with Crippen LogP contribution in [0.1, 0.15) is 194 Å². The number of ether oxygens (including phenoxy) is 2. The number of carbonyl (C=O) groups is 6. The first-order valence-corrected chi connectivity index (χ1v) is 23.3. The Balaban J connectivity index is 0.00000105. The minimum absolute atomic E-state index is 0.0146. The van der Waals surface area contributed by atoms with Gasteiger partial charge in [0.05, 0.1) is 11.8 Å². The number of rotatable bonds is 29. The highest BCUT2D eigenvalue weighted by Crippen LogP contribution is 2.45. The van der Waals surface area contributed by atoms with Gasteiger partial charge in [-0.05, 0) is 108 Å². The lowest BCUT2D eigenvalue weighted by Gasteiger charge is -2.38. The second-order valence-corrected chi connectivity index (χ2v) is 19.7. The molecule has 5 atom stereocenters. The maximum atomic E-state index is 12.8. The average Bonchev–Trinajstić information content (AvgIpc) is 3.16. The van der Waals surface area contributed by atoms with Crippen molar-refractivity contribution >= 4 is 35.1 Å². The lowest BCUT2D eigenvalue weighted by Crippen LogP contribution is -2.37. The summed E-state index contributed by atoms with van der Waals surface area (Å²) in [5, 5.41) is 18.4. The molecule has 2 rings (SSSR count). The van der Waals surface area contributed by atoms with Crippen molar-refractivity contribution in [2.75, 3.05) is 6.61 Å². The second kappa shape index (κ2) is 27.5. The fourth-order valence-electron chi connectivity index (χ4n) is 8.15. The number of carboxylic acid groups (broad SMARTS) is 2. The summed E-state index contributed by atoms with van der Waals surface area (Å²) in [6, 6.07) is 0. The first-order valence-electron chi connectivity index (χ1n) is 23.3.